The Balaban J connectivity index is 2.44. The summed E-state index contributed by atoms with van der Waals surface area (Å²) >= 11 is 0. The van der Waals surface area contributed by atoms with Gasteiger partial charge in [0.05, 0.1) is 12.8 Å². The van der Waals surface area contributed by atoms with Crippen LogP contribution in [0.25, 0.3) is 11.1 Å². The van der Waals surface area contributed by atoms with Crippen molar-refractivity contribution in [3.63, 3.8) is 0 Å². The fraction of sp³-hybridized carbons (Fsp3) is 0.0625. The van der Waals surface area contributed by atoms with Crippen molar-refractivity contribution >= 4 is 17.2 Å². The molecule has 0 amide bonds. The van der Waals surface area contributed by atoms with Crippen LogP contribution in [0.5, 0.6) is 5.75 Å². The third kappa shape index (κ3) is 3.22. The second kappa shape index (κ2) is 6.90. The highest BCUT2D eigenvalue weighted by Crippen LogP contribution is 2.34. The fourth-order valence-electron chi connectivity index (χ4n) is 1.94. The van der Waals surface area contributed by atoms with Gasteiger partial charge in [0.1, 0.15) is 11.8 Å². The van der Waals surface area contributed by atoms with Crippen LogP contribution < -0.4 is 15.9 Å². The van der Waals surface area contributed by atoms with Crippen LogP contribution in [0.1, 0.15) is 0 Å². The van der Waals surface area contributed by atoms with Gasteiger partial charge >= 0.3 is 0 Å². The minimum atomic E-state index is -0.384. The van der Waals surface area contributed by atoms with Gasteiger partial charge in [-0.25, -0.2) is 0 Å². The molecule has 22 heavy (non-hydrogen) atoms. The van der Waals surface area contributed by atoms with E-state index in [0.717, 1.165) is 16.9 Å². The van der Waals surface area contributed by atoms with Gasteiger partial charge in [-0.2, -0.15) is 10.4 Å². The Morgan fingerprint density at radius 1 is 1.18 bits per heavy atom. The predicted octanol–water partition coefficient (Wildman–Crippen LogP) is 2.59. The zero-order valence-electron chi connectivity index (χ0n) is 12.0. The van der Waals surface area contributed by atoms with Crippen molar-refractivity contribution in [3.8, 4) is 22.9 Å². The first-order valence-electron chi connectivity index (χ1n) is 6.48. The number of ether oxygens (including phenoxy) is 1. The minimum absolute atomic E-state index is 0.171. The number of para-hydroxylation sites is 2. The van der Waals surface area contributed by atoms with E-state index < -0.39 is 0 Å². The SMILES string of the molecule is COc1ccccc1-c1ccccc1N/N=C(\C#N)C(=N)N. The van der Waals surface area contributed by atoms with Gasteiger partial charge in [0, 0.05) is 11.1 Å². The number of hydrogen-bond acceptors (Lipinski definition) is 5. The molecule has 0 aliphatic rings. The molecule has 2 aromatic rings. The van der Waals surface area contributed by atoms with E-state index in [9.17, 15) is 0 Å². The summed E-state index contributed by atoms with van der Waals surface area (Å²) in [7, 11) is 1.61. The molecule has 0 atom stereocenters. The van der Waals surface area contributed by atoms with Crippen LogP contribution in [0.3, 0.4) is 0 Å². The number of rotatable bonds is 5. The number of methoxy groups -OCH3 is 1. The number of anilines is 1. The van der Waals surface area contributed by atoms with Crippen molar-refractivity contribution in [3.05, 3.63) is 48.5 Å². The number of nitriles is 1. The summed E-state index contributed by atoms with van der Waals surface area (Å²) in [4.78, 5) is 0. The first kappa shape index (κ1) is 15.1. The smallest absolute Gasteiger partial charge is 0.201 e. The number of benzene rings is 2. The summed E-state index contributed by atoms with van der Waals surface area (Å²) in [6.07, 6.45) is 0. The van der Waals surface area contributed by atoms with E-state index in [-0.39, 0.29) is 11.5 Å². The van der Waals surface area contributed by atoms with E-state index in [1.165, 1.54) is 0 Å². The van der Waals surface area contributed by atoms with Gasteiger partial charge in [0.2, 0.25) is 5.71 Å². The summed E-state index contributed by atoms with van der Waals surface area (Å²) in [5, 5.41) is 20.0. The molecule has 0 radical (unpaired) electrons. The van der Waals surface area contributed by atoms with Crippen LogP contribution in [-0.4, -0.2) is 18.7 Å². The van der Waals surface area contributed by atoms with Gasteiger partial charge in [-0.1, -0.05) is 36.4 Å². The second-order valence-electron chi connectivity index (χ2n) is 4.34. The molecule has 0 aromatic heterocycles. The number of amidine groups is 1. The molecule has 2 rings (SSSR count). The van der Waals surface area contributed by atoms with Crippen LogP contribution in [0.15, 0.2) is 53.6 Å². The Morgan fingerprint density at radius 3 is 2.45 bits per heavy atom. The molecule has 2 aromatic carbocycles. The quantitative estimate of drug-likeness (QED) is 0.447. The Morgan fingerprint density at radius 2 is 1.82 bits per heavy atom. The molecule has 6 heteroatoms. The van der Waals surface area contributed by atoms with E-state index >= 15 is 0 Å². The van der Waals surface area contributed by atoms with E-state index in [1.807, 2.05) is 48.5 Å². The molecular weight excluding hydrogens is 278 g/mol. The molecule has 0 saturated carbocycles. The first-order chi connectivity index (χ1) is 10.7. The maximum Gasteiger partial charge on any atom is 0.201 e. The molecule has 0 aliphatic heterocycles. The molecule has 0 heterocycles. The second-order valence-corrected chi connectivity index (χ2v) is 4.34. The van der Waals surface area contributed by atoms with Crippen LogP contribution in [0.2, 0.25) is 0 Å². The van der Waals surface area contributed by atoms with Gasteiger partial charge in [-0.15, -0.1) is 0 Å². The molecule has 110 valence electrons. The standard InChI is InChI=1S/C16H15N5O/c1-22-15-9-5-3-7-12(15)11-6-2-4-8-13(11)20-21-14(10-17)16(18)19/h2-9,20H,1H3,(H3,18,19)/b21-14+. The van der Waals surface area contributed by atoms with Crippen molar-refractivity contribution in [1.82, 2.24) is 0 Å². The maximum atomic E-state index is 8.88. The first-order valence-corrected chi connectivity index (χ1v) is 6.48. The summed E-state index contributed by atoms with van der Waals surface area (Å²) in [5.41, 5.74) is 10.3. The van der Waals surface area contributed by atoms with Crippen LogP contribution >= 0.6 is 0 Å². The van der Waals surface area contributed by atoms with Gasteiger partial charge in [-0.3, -0.25) is 10.8 Å². The van der Waals surface area contributed by atoms with Crippen molar-refractivity contribution in [2.45, 2.75) is 0 Å². The maximum absolute atomic E-state index is 8.88. The Kier molecular flexibility index (Phi) is 4.73. The largest absolute Gasteiger partial charge is 0.496 e. The lowest BCUT2D eigenvalue weighted by atomic mass is 10.0. The Labute approximate surface area is 128 Å². The lowest BCUT2D eigenvalue weighted by molar-refractivity contribution is 0.416. The topological polar surface area (TPSA) is 107 Å². The molecule has 6 nitrogen and oxygen atoms in total. The normalized spacial score (nSPS) is 10.6. The van der Waals surface area contributed by atoms with Gasteiger partial charge in [0.25, 0.3) is 0 Å². The van der Waals surface area contributed by atoms with Crippen LogP contribution in [-0.2, 0) is 0 Å². The molecule has 0 fully saturated rings. The summed E-state index contributed by atoms with van der Waals surface area (Å²) in [6.45, 7) is 0. The number of nitrogens with one attached hydrogen (secondary N) is 2. The molecular formula is C16H15N5O. The zero-order chi connectivity index (χ0) is 15.9. The minimum Gasteiger partial charge on any atom is -0.496 e. The average molecular weight is 293 g/mol. The number of nitrogens with two attached hydrogens (primary N) is 1. The predicted molar refractivity (Wildman–Crippen MR) is 87.0 cm³/mol. The highest BCUT2D eigenvalue weighted by molar-refractivity contribution is 6.45. The molecule has 4 N–H and O–H groups in total. The monoisotopic (exact) mass is 293 g/mol. The summed E-state index contributed by atoms with van der Waals surface area (Å²) < 4.78 is 5.37. The summed E-state index contributed by atoms with van der Waals surface area (Å²) in [6, 6.07) is 16.8. The highest BCUT2D eigenvalue weighted by Gasteiger charge is 2.09. The van der Waals surface area contributed by atoms with Crippen LogP contribution in [0.4, 0.5) is 5.69 Å². The van der Waals surface area contributed by atoms with Crippen molar-refractivity contribution in [2.75, 3.05) is 12.5 Å². The number of hydrogen-bond donors (Lipinski definition) is 3. The van der Waals surface area contributed by atoms with Gasteiger partial charge < -0.3 is 10.5 Å². The Hall–Kier alpha value is -3.33. The molecule has 0 unspecified atom stereocenters. The van der Waals surface area contributed by atoms with Crippen molar-refractivity contribution in [2.24, 2.45) is 10.8 Å². The van der Waals surface area contributed by atoms with E-state index in [2.05, 4.69) is 10.5 Å². The third-order valence-electron chi connectivity index (χ3n) is 2.97. The summed E-state index contributed by atoms with van der Waals surface area (Å²) in [5.74, 6) is 0.345. The molecule has 0 saturated heterocycles. The zero-order valence-corrected chi connectivity index (χ0v) is 12.0. The third-order valence-corrected chi connectivity index (χ3v) is 2.97. The van der Waals surface area contributed by atoms with E-state index in [0.29, 0.717) is 5.69 Å². The van der Waals surface area contributed by atoms with Gasteiger partial charge in [0.15, 0.2) is 5.84 Å². The molecule has 0 aliphatic carbocycles. The van der Waals surface area contributed by atoms with E-state index in [4.69, 9.17) is 21.1 Å². The molecule has 0 bridgehead atoms. The van der Waals surface area contributed by atoms with Crippen molar-refractivity contribution < 1.29 is 4.74 Å². The number of nitrogens with zero attached hydrogens (tertiary/aromatic N) is 2. The highest BCUT2D eigenvalue weighted by atomic mass is 16.5. The number of hydrazone groups is 1. The Bertz CT molecular complexity index is 761. The van der Waals surface area contributed by atoms with Crippen LogP contribution in [0, 0.1) is 16.7 Å². The van der Waals surface area contributed by atoms with Crippen molar-refractivity contribution in [1.29, 1.82) is 10.7 Å². The lowest BCUT2D eigenvalue weighted by Gasteiger charge is -2.12. The fourth-order valence-corrected chi connectivity index (χ4v) is 1.94. The lowest BCUT2D eigenvalue weighted by Crippen LogP contribution is -2.21. The van der Waals surface area contributed by atoms with Gasteiger partial charge in [-0.05, 0) is 12.1 Å². The van der Waals surface area contributed by atoms with E-state index in [1.54, 1.807) is 13.2 Å². The molecule has 0 spiro atoms. The average Bonchev–Trinajstić information content (AvgIpc) is 2.55.